The first-order valence-corrected chi connectivity index (χ1v) is 7.79. The number of hydrogen-bond acceptors (Lipinski definition) is 4. The second-order valence-corrected chi connectivity index (χ2v) is 5.76. The fourth-order valence-electron chi connectivity index (χ4n) is 2.01. The molecule has 0 atom stereocenters. The van der Waals surface area contributed by atoms with Crippen LogP contribution in [0.25, 0.3) is 0 Å². The van der Waals surface area contributed by atoms with Crippen LogP contribution in [0.3, 0.4) is 0 Å². The molecule has 5 heteroatoms. The van der Waals surface area contributed by atoms with Crippen molar-refractivity contribution in [1.29, 1.82) is 0 Å². The minimum absolute atomic E-state index is 0.0405. The maximum Gasteiger partial charge on any atom is 0.238 e. The maximum atomic E-state index is 12.1. The van der Waals surface area contributed by atoms with Gasteiger partial charge in [-0.2, -0.15) is 0 Å². The van der Waals surface area contributed by atoms with E-state index in [1.807, 2.05) is 54.6 Å². The molecule has 0 fully saturated rings. The van der Waals surface area contributed by atoms with Gasteiger partial charge in [-0.1, -0.05) is 18.2 Å². The van der Waals surface area contributed by atoms with Crippen LogP contribution in [0.1, 0.15) is 11.8 Å². The maximum absolute atomic E-state index is 12.1. The topological polar surface area (TPSA) is 41.6 Å². The molecule has 2 rings (SSSR count). The summed E-state index contributed by atoms with van der Waals surface area (Å²) < 4.78 is 5.50. The molecule has 1 aromatic carbocycles. The Labute approximate surface area is 129 Å². The van der Waals surface area contributed by atoms with E-state index in [0.717, 1.165) is 6.54 Å². The van der Waals surface area contributed by atoms with Gasteiger partial charge in [0, 0.05) is 11.4 Å². The summed E-state index contributed by atoms with van der Waals surface area (Å²) in [6.45, 7) is 3.62. The Hall–Kier alpha value is -1.85. The molecule has 0 aliphatic rings. The van der Waals surface area contributed by atoms with E-state index in [1.54, 1.807) is 11.3 Å². The van der Waals surface area contributed by atoms with Crippen molar-refractivity contribution in [2.24, 2.45) is 0 Å². The molecule has 0 saturated heterocycles. The molecule has 0 aliphatic heterocycles. The number of ether oxygens (including phenoxy) is 1. The highest BCUT2D eigenvalue weighted by molar-refractivity contribution is 7.09. The number of amides is 1. The quantitative estimate of drug-likeness (QED) is 0.854. The largest absolute Gasteiger partial charge is 0.492 e. The number of benzene rings is 1. The number of nitrogens with zero attached hydrogens (tertiary/aromatic N) is 1. The zero-order valence-electron chi connectivity index (χ0n) is 12.3. The first-order valence-electron chi connectivity index (χ1n) is 6.91. The standard InChI is InChI=1S/C16H20N2O2S/c1-3-20-15-9-5-4-8-14(15)17-16(19)12-18(2)11-13-7-6-10-21-13/h4-10H,3,11-12H2,1-2H3,(H,17,19). The number of thiophene rings is 1. The second-order valence-electron chi connectivity index (χ2n) is 4.73. The van der Waals surface area contributed by atoms with Gasteiger partial charge in [-0.05, 0) is 37.6 Å². The van der Waals surface area contributed by atoms with Crippen molar-refractivity contribution in [2.75, 3.05) is 25.5 Å². The number of para-hydroxylation sites is 2. The van der Waals surface area contributed by atoms with Gasteiger partial charge in [0.05, 0.1) is 18.8 Å². The molecular weight excluding hydrogens is 284 g/mol. The van der Waals surface area contributed by atoms with Gasteiger partial charge in [0.25, 0.3) is 0 Å². The lowest BCUT2D eigenvalue weighted by molar-refractivity contribution is -0.117. The molecule has 0 radical (unpaired) electrons. The van der Waals surface area contributed by atoms with Gasteiger partial charge in [0.15, 0.2) is 0 Å². The molecule has 21 heavy (non-hydrogen) atoms. The van der Waals surface area contributed by atoms with Crippen molar-refractivity contribution in [3.8, 4) is 5.75 Å². The second kappa shape index (κ2) is 7.81. The molecule has 1 amide bonds. The van der Waals surface area contributed by atoms with Gasteiger partial charge in [0.1, 0.15) is 5.75 Å². The van der Waals surface area contributed by atoms with E-state index in [-0.39, 0.29) is 5.91 Å². The predicted molar refractivity (Wildman–Crippen MR) is 86.9 cm³/mol. The minimum atomic E-state index is -0.0405. The molecule has 1 aromatic heterocycles. The van der Waals surface area contributed by atoms with E-state index in [0.29, 0.717) is 24.6 Å². The zero-order valence-corrected chi connectivity index (χ0v) is 13.2. The molecule has 0 spiro atoms. The molecule has 0 unspecified atom stereocenters. The molecule has 1 N–H and O–H groups in total. The highest BCUT2D eigenvalue weighted by atomic mass is 32.1. The minimum Gasteiger partial charge on any atom is -0.492 e. The fourth-order valence-corrected chi connectivity index (χ4v) is 2.79. The van der Waals surface area contributed by atoms with Crippen molar-refractivity contribution in [2.45, 2.75) is 13.5 Å². The summed E-state index contributed by atoms with van der Waals surface area (Å²) in [6.07, 6.45) is 0. The first kappa shape index (κ1) is 15.5. The molecule has 0 saturated carbocycles. The molecule has 2 aromatic rings. The summed E-state index contributed by atoms with van der Waals surface area (Å²) in [5, 5.41) is 4.95. The summed E-state index contributed by atoms with van der Waals surface area (Å²) in [5.74, 6) is 0.662. The number of hydrogen-bond donors (Lipinski definition) is 1. The third-order valence-electron chi connectivity index (χ3n) is 2.88. The Morgan fingerprint density at radius 3 is 2.81 bits per heavy atom. The van der Waals surface area contributed by atoms with Gasteiger partial charge in [-0.25, -0.2) is 0 Å². The van der Waals surface area contributed by atoms with Crippen molar-refractivity contribution >= 4 is 22.9 Å². The Kier molecular flexibility index (Phi) is 5.78. The number of likely N-dealkylation sites (N-methyl/N-ethyl adjacent to an activating group) is 1. The van der Waals surface area contributed by atoms with Crippen LogP contribution in [-0.4, -0.2) is 31.0 Å². The lowest BCUT2D eigenvalue weighted by Crippen LogP contribution is -2.29. The van der Waals surface area contributed by atoms with E-state index in [2.05, 4.69) is 11.4 Å². The predicted octanol–water partition coefficient (Wildman–Crippen LogP) is 3.22. The Morgan fingerprint density at radius 2 is 2.10 bits per heavy atom. The monoisotopic (exact) mass is 304 g/mol. The van der Waals surface area contributed by atoms with Gasteiger partial charge >= 0.3 is 0 Å². The van der Waals surface area contributed by atoms with E-state index >= 15 is 0 Å². The zero-order chi connectivity index (χ0) is 15.1. The fraction of sp³-hybridized carbons (Fsp3) is 0.312. The summed E-state index contributed by atoms with van der Waals surface area (Å²) in [5.41, 5.74) is 0.717. The van der Waals surface area contributed by atoms with Gasteiger partial charge in [0.2, 0.25) is 5.91 Å². The lowest BCUT2D eigenvalue weighted by Gasteiger charge is -2.16. The average Bonchev–Trinajstić information content (AvgIpc) is 2.93. The van der Waals surface area contributed by atoms with Crippen LogP contribution in [0, 0.1) is 0 Å². The summed E-state index contributed by atoms with van der Waals surface area (Å²) >= 11 is 1.70. The summed E-state index contributed by atoms with van der Waals surface area (Å²) in [6, 6.07) is 11.6. The number of carbonyl (C=O) groups is 1. The lowest BCUT2D eigenvalue weighted by atomic mass is 10.3. The molecule has 112 valence electrons. The smallest absolute Gasteiger partial charge is 0.238 e. The van der Waals surface area contributed by atoms with Crippen LogP contribution in [0.2, 0.25) is 0 Å². The normalized spacial score (nSPS) is 10.6. The van der Waals surface area contributed by atoms with Crippen LogP contribution in [-0.2, 0) is 11.3 Å². The third kappa shape index (κ3) is 4.88. The number of carbonyl (C=O) groups excluding carboxylic acids is 1. The van der Waals surface area contributed by atoms with Gasteiger partial charge in [-0.3, -0.25) is 9.69 Å². The highest BCUT2D eigenvalue weighted by Crippen LogP contribution is 2.23. The molecule has 0 bridgehead atoms. The van der Waals surface area contributed by atoms with Crippen LogP contribution in [0.15, 0.2) is 41.8 Å². The Morgan fingerprint density at radius 1 is 1.29 bits per heavy atom. The third-order valence-corrected chi connectivity index (χ3v) is 3.74. The molecule has 0 aliphatic carbocycles. The number of anilines is 1. The van der Waals surface area contributed by atoms with E-state index in [9.17, 15) is 4.79 Å². The SMILES string of the molecule is CCOc1ccccc1NC(=O)CN(C)Cc1cccs1. The van der Waals surface area contributed by atoms with Crippen LogP contribution in [0.5, 0.6) is 5.75 Å². The highest BCUT2D eigenvalue weighted by Gasteiger charge is 2.10. The van der Waals surface area contributed by atoms with Crippen molar-refractivity contribution in [3.63, 3.8) is 0 Å². The van der Waals surface area contributed by atoms with E-state index < -0.39 is 0 Å². The molecule has 4 nitrogen and oxygen atoms in total. The Bertz CT molecular complexity index is 569. The number of nitrogens with one attached hydrogen (secondary N) is 1. The summed E-state index contributed by atoms with van der Waals surface area (Å²) in [7, 11) is 1.94. The Balaban J connectivity index is 1.89. The van der Waals surface area contributed by atoms with Gasteiger partial charge < -0.3 is 10.1 Å². The van der Waals surface area contributed by atoms with Crippen molar-refractivity contribution in [3.05, 3.63) is 46.7 Å². The summed E-state index contributed by atoms with van der Waals surface area (Å²) in [4.78, 5) is 15.3. The van der Waals surface area contributed by atoms with E-state index in [1.165, 1.54) is 4.88 Å². The average molecular weight is 304 g/mol. The van der Waals surface area contributed by atoms with Crippen molar-refractivity contribution < 1.29 is 9.53 Å². The van der Waals surface area contributed by atoms with Crippen LogP contribution in [0.4, 0.5) is 5.69 Å². The van der Waals surface area contributed by atoms with Crippen LogP contribution >= 0.6 is 11.3 Å². The number of rotatable bonds is 7. The van der Waals surface area contributed by atoms with Gasteiger partial charge in [-0.15, -0.1) is 11.3 Å². The van der Waals surface area contributed by atoms with E-state index in [4.69, 9.17) is 4.74 Å². The van der Waals surface area contributed by atoms with Crippen LogP contribution < -0.4 is 10.1 Å². The molecule has 1 heterocycles. The van der Waals surface area contributed by atoms with Crippen molar-refractivity contribution in [1.82, 2.24) is 4.90 Å². The molecular formula is C16H20N2O2S. The first-order chi connectivity index (χ1) is 10.2.